The van der Waals surface area contributed by atoms with Crippen LogP contribution in [-0.4, -0.2) is 30.2 Å². The minimum atomic E-state index is -2.10. The van der Waals surface area contributed by atoms with Gasteiger partial charge in [0.05, 0.1) is 5.75 Å². The minimum Gasteiger partial charge on any atom is -0.326 e. The topological polar surface area (TPSA) is 121 Å². The smallest absolute Gasteiger partial charge is 0.277 e. The average Bonchev–Trinajstić information content (AvgIpc) is 2.90. The standard InChI is InChI=1S/C16H19N3O5S/c1-4-19-16(22)13(7-17-19)15(21)12-6-5-11(8-25(23)24)14(9(12)2)18-10(3)20/h5-7,17H,4,8H2,1-3H3,(H,18,20)(H,23,24). The molecule has 2 aromatic rings. The number of benzene rings is 1. The van der Waals surface area contributed by atoms with Gasteiger partial charge in [-0.15, -0.1) is 0 Å². The molecule has 0 saturated heterocycles. The lowest BCUT2D eigenvalue weighted by Gasteiger charge is -2.15. The highest BCUT2D eigenvalue weighted by molar-refractivity contribution is 7.78. The van der Waals surface area contributed by atoms with Crippen LogP contribution in [0.25, 0.3) is 0 Å². The molecular weight excluding hydrogens is 346 g/mol. The molecule has 3 N–H and O–H groups in total. The Balaban J connectivity index is 2.56. The molecule has 1 aromatic carbocycles. The summed E-state index contributed by atoms with van der Waals surface area (Å²) in [6.07, 6.45) is 1.35. The van der Waals surface area contributed by atoms with Gasteiger partial charge < -0.3 is 15.0 Å². The summed E-state index contributed by atoms with van der Waals surface area (Å²) in [5.74, 6) is -1.03. The number of hydrogen-bond donors (Lipinski definition) is 3. The highest BCUT2D eigenvalue weighted by Crippen LogP contribution is 2.26. The van der Waals surface area contributed by atoms with E-state index in [0.29, 0.717) is 23.4 Å². The van der Waals surface area contributed by atoms with Gasteiger partial charge in [-0.25, -0.2) is 4.21 Å². The Morgan fingerprint density at radius 1 is 1.32 bits per heavy atom. The van der Waals surface area contributed by atoms with E-state index in [2.05, 4.69) is 10.4 Å². The summed E-state index contributed by atoms with van der Waals surface area (Å²) in [6.45, 7) is 5.10. The maximum atomic E-state index is 12.7. The van der Waals surface area contributed by atoms with Crippen molar-refractivity contribution in [3.63, 3.8) is 0 Å². The molecule has 1 aromatic heterocycles. The number of hydrogen-bond acceptors (Lipinski definition) is 4. The largest absolute Gasteiger partial charge is 0.326 e. The molecule has 0 fully saturated rings. The molecule has 1 atom stereocenters. The van der Waals surface area contributed by atoms with Crippen molar-refractivity contribution >= 4 is 28.5 Å². The van der Waals surface area contributed by atoms with E-state index < -0.39 is 22.4 Å². The number of carbonyl (C=O) groups excluding carboxylic acids is 2. The lowest BCUT2D eigenvalue weighted by molar-refractivity contribution is -0.114. The second kappa shape index (κ2) is 7.58. The first-order chi connectivity index (χ1) is 11.8. The molecule has 1 unspecified atom stereocenters. The normalized spacial score (nSPS) is 12.0. The summed E-state index contributed by atoms with van der Waals surface area (Å²) in [5, 5.41) is 5.32. The highest BCUT2D eigenvalue weighted by Gasteiger charge is 2.21. The molecule has 0 aliphatic rings. The average molecular weight is 365 g/mol. The van der Waals surface area contributed by atoms with Crippen LogP contribution in [0.2, 0.25) is 0 Å². The van der Waals surface area contributed by atoms with Gasteiger partial charge in [-0.1, -0.05) is 12.1 Å². The van der Waals surface area contributed by atoms with Crippen molar-refractivity contribution in [3.05, 3.63) is 50.9 Å². The molecular formula is C16H19N3O5S. The summed E-state index contributed by atoms with van der Waals surface area (Å²) in [7, 11) is 0. The third-order valence-corrected chi connectivity index (χ3v) is 4.34. The number of aryl methyl sites for hydroxylation is 1. The van der Waals surface area contributed by atoms with Crippen LogP contribution in [0.15, 0.2) is 23.1 Å². The molecule has 0 bridgehead atoms. The monoisotopic (exact) mass is 365 g/mol. The van der Waals surface area contributed by atoms with Crippen molar-refractivity contribution < 1.29 is 18.4 Å². The van der Waals surface area contributed by atoms with Crippen molar-refractivity contribution in [1.29, 1.82) is 0 Å². The lowest BCUT2D eigenvalue weighted by Crippen LogP contribution is -2.22. The molecule has 134 valence electrons. The van der Waals surface area contributed by atoms with E-state index in [1.807, 2.05) is 0 Å². The number of nitrogens with one attached hydrogen (secondary N) is 2. The second-order valence-electron chi connectivity index (χ2n) is 5.48. The van der Waals surface area contributed by atoms with Gasteiger partial charge >= 0.3 is 0 Å². The SMILES string of the molecule is CCn1[nH]cc(C(=O)c2ccc(CS(=O)O)c(NC(C)=O)c2C)c1=O. The van der Waals surface area contributed by atoms with Crippen molar-refractivity contribution in [1.82, 2.24) is 9.78 Å². The summed E-state index contributed by atoms with van der Waals surface area (Å²) in [4.78, 5) is 36.4. The van der Waals surface area contributed by atoms with Crippen LogP contribution < -0.4 is 10.9 Å². The predicted molar refractivity (Wildman–Crippen MR) is 94.1 cm³/mol. The van der Waals surface area contributed by atoms with Crippen LogP contribution >= 0.6 is 0 Å². The zero-order valence-electron chi connectivity index (χ0n) is 14.1. The van der Waals surface area contributed by atoms with E-state index in [4.69, 9.17) is 4.55 Å². The second-order valence-corrected chi connectivity index (χ2v) is 6.42. The van der Waals surface area contributed by atoms with Crippen molar-refractivity contribution in [2.24, 2.45) is 0 Å². The molecule has 0 spiro atoms. The van der Waals surface area contributed by atoms with Gasteiger partial charge in [0.2, 0.25) is 11.7 Å². The van der Waals surface area contributed by atoms with Gasteiger partial charge in [0, 0.05) is 30.9 Å². The number of carbonyl (C=O) groups is 2. The van der Waals surface area contributed by atoms with E-state index in [-0.39, 0.29) is 22.8 Å². The van der Waals surface area contributed by atoms with E-state index in [0.717, 1.165) is 0 Å². The van der Waals surface area contributed by atoms with Gasteiger partial charge in [-0.05, 0) is 25.0 Å². The van der Waals surface area contributed by atoms with E-state index >= 15 is 0 Å². The van der Waals surface area contributed by atoms with Crippen LogP contribution in [-0.2, 0) is 28.2 Å². The van der Waals surface area contributed by atoms with Gasteiger partial charge in [0.1, 0.15) is 5.56 Å². The third kappa shape index (κ3) is 3.94. The zero-order valence-corrected chi connectivity index (χ0v) is 14.9. The summed E-state index contributed by atoms with van der Waals surface area (Å²) in [6, 6.07) is 3.00. The Labute approximate surface area is 146 Å². The Bertz CT molecular complexity index is 913. The third-order valence-electron chi connectivity index (χ3n) is 3.78. The quantitative estimate of drug-likeness (QED) is 0.528. The van der Waals surface area contributed by atoms with Gasteiger partial charge in [0.25, 0.3) is 5.56 Å². The van der Waals surface area contributed by atoms with Gasteiger partial charge in [-0.2, -0.15) is 0 Å². The number of aromatic nitrogens is 2. The zero-order chi connectivity index (χ0) is 18.7. The maximum absolute atomic E-state index is 12.7. The maximum Gasteiger partial charge on any atom is 0.277 e. The van der Waals surface area contributed by atoms with Gasteiger partial charge in [0.15, 0.2) is 11.1 Å². The predicted octanol–water partition coefficient (Wildman–Crippen LogP) is 1.42. The van der Waals surface area contributed by atoms with Gasteiger partial charge in [-0.3, -0.25) is 19.1 Å². The molecule has 0 radical (unpaired) electrons. The molecule has 2 rings (SSSR count). The molecule has 0 aliphatic heterocycles. The first kappa shape index (κ1) is 18.8. The molecule has 9 heteroatoms. The summed E-state index contributed by atoms with van der Waals surface area (Å²) >= 11 is -2.10. The highest BCUT2D eigenvalue weighted by atomic mass is 32.2. The molecule has 25 heavy (non-hydrogen) atoms. The Kier molecular flexibility index (Phi) is 5.70. The number of aromatic amines is 1. The van der Waals surface area contributed by atoms with Crippen LogP contribution in [0.5, 0.6) is 0 Å². The van der Waals surface area contributed by atoms with E-state index in [1.54, 1.807) is 13.8 Å². The Hall–Kier alpha value is -2.52. The van der Waals surface area contributed by atoms with Crippen molar-refractivity contribution in [3.8, 4) is 0 Å². The fraction of sp³-hybridized carbons (Fsp3) is 0.312. The molecule has 1 amide bonds. The van der Waals surface area contributed by atoms with E-state index in [1.165, 1.54) is 29.9 Å². The van der Waals surface area contributed by atoms with Crippen molar-refractivity contribution in [2.45, 2.75) is 33.1 Å². The molecule has 1 heterocycles. The summed E-state index contributed by atoms with van der Waals surface area (Å²) in [5.41, 5.74) is 1.00. The first-order valence-corrected chi connectivity index (χ1v) is 8.84. The van der Waals surface area contributed by atoms with Crippen LogP contribution in [0.3, 0.4) is 0 Å². The number of nitrogens with zero attached hydrogens (tertiary/aromatic N) is 1. The number of amides is 1. The lowest BCUT2D eigenvalue weighted by atomic mass is 9.97. The Morgan fingerprint density at radius 3 is 2.52 bits per heavy atom. The molecule has 0 saturated carbocycles. The fourth-order valence-corrected chi connectivity index (χ4v) is 3.07. The minimum absolute atomic E-state index is 0.00258. The molecule has 8 nitrogen and oxygen atoms in total. The van der Waals surface area contributed by atoms with Crippen LogP contribution in [0, 0.1) is 6.92 Å². The van der Waals surface area contributed by atoms with Crippen LogP contribution in [0.4, 0.5) is 5.69 Å². The number of rotatable bonds is 6. The van der Waals surface area contributed by atoms with E-state index in [9.17, 15) is 18.6 Å². The number of H-pyrrole nitrogens is 1. The summed E-state index contributed by atoms with van der Waals surface area (Å²) < 4.78 is 21.6. The number of anilines is 1. The fourth-order valence-electron chi connectivity index (χ4n) is 2.57. The first-order valence-electron chi connectivity index (χ1n) is 7.56. The number of ketones is 1. The molecule has 0 aliphatic carbocycles. The van der Waals surface area contributed by atoms with Crippen molar-refractivity contribution in [2.75, 3.05) is 5.32 Å². The van der Waals surface area contributed by atoms with Crippen LogP contribution in [0.1, 0.15) is 40.9 Å². The Morgan fingerprint density at radius 2 is 2.00 bits per heavy atom.